The van der Waals surface area contributed by atoms with E-state index >= 15 is 0 Å². The summed E-state index contributed by atoms with van der Waals surface area (Å²) in [6, 6.07) is 7.13. The van der Waals surface area contributed by atoms with Gasteiger partial charge in [0.05, 0.1) is 12.2 Å². The lowest BCUT2D eigenvalue weighted by Gasteiger charge is -2.13. The number of anilines is 2. The maximum Gasteiger partial charge on any atom is 0.251 e. The maximum absolute atomic E-state index is 12.1. The van der Waals surface area contributed by atoms with Gasteiger partial charge in [-0.2, -0.15) is 0 Å². The van der Waals surface area contributed by atoms with Gasteiger partial charge in [0.15, 0.2) is 0 Å². The smallest absolute Gasteiger partial charge is 0.251 e. The van der Waals surface area contributed by atoms with Gasteiger partial charge in [0.2, 0.25) is 11.8 Å². The summed E-state index contributed by atoms with van der Waals surface area (Å²) in [4.78, 5) is 24.2. The van der Waals surface area contributed by atoms with Crippen LogP contribution in [0.25, 0.3) is 0 Å². The Balaban J connectivity index is 1.93. The number of amides is 2. The molecule has 1 aromatic carbocycles. The van der Waals surface area contributed by atoms with Crippen molar-refractivity contribution in [3.05, 3.63) is 41.1 Å². The van der Waals surface area contributed by atoms with Crippen LogP contribution >= 0.6 is 0 Å². The molecule has 0 saturated carbocycles. The summed E-state index contributed by atoms with van der Waals surface area (Å²) in [6.45, 7) is 11.8. The van der Waals surface area contributed by atoms with E-state index in [1.54, 1.807) is 24.3 Å². The summed E-state index contributed by atoms with van der Waals surface area (Å²) in [5, 5.41) is 12.6. The third kappa shape index (κ3) is 5.84. The predicted molar refractivity (Wildman–Crippen MR) is 106 cm³/mol. The summed E-state index contributed by atoms with van der Waals surface area (Å²) in [5.74, 6) is -0.0332. The van der Waals surface area contributed by atoms with Crippen LogP contribution in [-0.4, -0.2) is 29.6 Å². The molecule has 0 bridgehead atoms. The highest BCUT2D eigenvalue weighted by molar-refractivity contribution is 5.95. The highest BCUT2D eigenvalue weighted by atomic mass is 16.5. The molecule has 2 rings (SSSR count). The van der Waals surface area contributed by atoms with E-state index in [-0.39, 0.29) is 29.8 Å². The topological polar surface area (TPSA) is 96.3 Å². The van der Waals surface area contributed by atoms with Gasteiger partial charge < -0.3 is 15.2 Å². The van der Waals surface area contributed by atoms with Crippen LogP contribution in [0.15, 0.2) is 28.8 Å². The molecule has 1 aromatic heterocycles. The molecule has 2 aromatic rings. The molecule has 1 heterocycles. The maximum atomic E-state index is 12.1. The lowest BCUT2D eigenvalue weighted by atomic mass is 9.92. The summed E-state index contributed by atoms with van der Waals surface area (Å²) >= 11 is 0. The first-order chi connectivity index (χ1) is 12.6. The van der Waals surface area contributed by atoms with E-state index in [0.717, 1.165) is 16.9 Å². The Kier molecular flexibility index (Phi) is 6.25. The Morgan fingerprint density at radius 1 is 1.19 bits per heavy atom. The number of carbonyl (C=O) groups is 2. The molecule has 0 fully saturated rings. The Morgan fingerprint density at radius 2 is 1.89 bits per heavy atom. The van der Waals surface area contributed by atoms with E-state index in [9.17, 15) is 9.59 Å². The molecule has 7 heteroatoms. The van der Waals surface area contributed by atoms with Crippen molar-refractivity contribution in [3.63, 3.8) is 0 Å². The third-order valence-corrected chi connectivity index (χ3v) is 3.89. The van der Waals surface area contributed by atoms with E-state index < -0.39 is 0 Å². The molecule has 0 aliphatic heterocycles. The number of aromatic nitrogens is 1. The molecule has 0 unspecified atom stereocenters. The molecule has 146 valence electrons. The van der Waals surface area contributed by atoms with Crippen LogP contribution in [0.3, 0.4) is 0 Å². The number of benzene rings is 1. The number of aryl methyl sites for hydroxylation is 1. The standard InChI is InChI=1S/C20H28N4O3/c1-12(2)22-19(26)14-7-8-15(13(3)9-14)21-11-17(25)23-18-10-16(24-27-18)20(4,5)6/h7-10,12,21H,11H2,1-6H3,(H,22,26)(H,23,25). The molecule has 0 aliphatic carbocycles. The highest BCUT2D eigenvalue weighted by Gasteiger charge is 2.19. The Hall–Kier alpha value is -2.83. The number of nitrogens with one attached hydrogen (secondary N) is 3. The largest absolute Gasteiger partial charge is 0.376 e. The van der Waals surface area contributed by atoms with E-state index in [4.69, 9.17) is 4.52 Å². The Bertz CT molecular complexity index is 819. The number of hydrogen-bond acceptors (Lipinski definition) is 5. The number of nitrogens with zero attached hydrogens (tertiary/aromatic N) is 1. The molecular weight excluding hydrogens is 344 g/mol. The van der Waals surface area contributed by atoms with Crippen LogP contribution in [0.2, 0.25) is 0 Å². The Labute approximate surface area is 159 Å². The van der Waals surface area contributed by atoms with Crippen molar-refractivity contribution in [1.29, 1.82) is 0 Å². The molecule has 0 atom stereocenters. The van der Waals surface area contributed by atoms with Crippen molar-refractivity contribution >= 4 is 23.4 Å². The number of rotatable bonds is 6. The molecule has 7 nitrogen and oxygen atoms in total. The first kappa shape index (κ1) is 20.5. The first-order valence-electron chi connectivity index (χ1n) is 8.98. The SMILES string of the molecule is Cc1cc(C(=O)NC(C)C)ccc1NCC(=O)Nc1cc(C(C)(C)C)no1. The van der Waals surface area contributed by atoms with Gasteiger partial charge in [-0.25, -0.2) is 0 Å². The zero-order valence-electron chi connectivity index (χ0n) is 16.8. The van der Waals surface area contributed by atoms with Crippen LogP contribution in [0.5, 0.6) is 0 Å². The molecule has 0 radical (unpaired) electrons. The molecule has 3 N–H and O–H groups in total. The second kappa shape index (κ2) is 8.24. The van der Waals surface area contributed by atoms with E-state index in [1.807, 2.05) is 41.5 Å². The normalized spacial score (nSPS) is 11.4. The van der Waals surface area contributed by atoms with Gasteiger partial charge >= 0.3 is 0 Å². The van der Waals surface area contributed by atoms with Crippen LogP contribution in [0.1, 0.15) is 56.2 Å². The minimum absolute atomic E-state index is 0.0733. The monoisotopic (exact) mass is 372 g/mol. The fourth-order valence-corrected chi connectivity index (χ4v) is 2.39. The molecule has 0 spiro atoms. The quantitative estimate of drug-likeness (QED) is 0.721. The van der Waals surface area contributed by atoms with E-state index in [1.165, 1.54) is 0 Å². The van der Waals surface area contributed by atoms with E-state index in [0.29, 0.717) is 11.4 Å². The van der Waals surface area contributed by atoms with Gasteiger partial charge in [-0.05, 0) is 44.5 Å². The lowest BCUT2D eigenvalue weighted by molar-refractivity contribution is -0.114. The molecular formula is C20H28N4O3. The number of hydrogen-bond donors (Lipinski definition) is 3. The van der Waals surface area contributed by atoms with Crippen molar-refractivity contribution in [2.75, 3.05) is 17.2 Å². The van der Waals surface area contributed by atoms with Gasteiger partial charge in [-0.1, -0.05) is 25.9 Å². The van der Waals surface area contributed by atoms with Gasteiger partial charge in [-0.3, -0.25) is 14.9 Å². The third-order valence-electron chi connectivity index (χ3n) is 3.89. The Morgan fingerprint density at radius 3 is 2.44 bits per heavy atom. The second-order valence-corrected chi connectivity index (χ2v) is 7.89. The fourth-order valence-electron chi connectivity index (χ4n) is 2.39. The minimum atomic E-state index is -0.243. The molecule has 0 saturated heterocycles. The van der Waals surface area contributed by atoms with Gasteiger partial charge in [0.25, 0.3) is 5.91 Å². The van der Waals surface area contributed by atoms with Crippen molar-refractivity contribution in [3.8, 4) is 0 Å². The average Bonchev–Trinajstić information content (AvgIpc) is 3.01. The zero-order valence-corrected chi connectivity index (χ0v) is 16.8. The summed E-state index contributed by atoms with van der Waals surface area (Å²) in [5.41, 5.74) is 2.89. The zero-order chi connectivity index (χ0) is 20.2. The number of carbonyl (C=O) groups excluding carboxylic acids is 2. The first-order valence-corrected chi connectivity index (χ1v) is 8.98. The van der Waals surface area contributed by atoms with Crippen LogP contribution in [0, 0.1) is 6.92 Å². The summed E-state index contributed by atoms with van der Waals surface area (Å²) < 4.78 is 5.16. The lowest BCUT2D eigenvalue weighted by Crippen LogP contribution is -2.30. The van der Waals surface area contributed by atoms with Gasteiger partial charge in [0.1, 0.15) is 0 Å². The summed E-state index contributed by atoms with van der Waals surface area (Å²) in [7, 11) is 0. The van der Waals surface area contributed by atoms with Crippen molar-refractivity contribution in [2.45, 2.75) is 53.0 Å². The van der Waals surface area contributed by atoms with Crippen LogP contribution in [-0.2, 0) is 10.2 Å². The molecule has 0 aliphatic rings. The van der Waals surface area contributed by atoms with Crippen molar-refractivity contribution in [1.82, 2.24) is 10.5 Å². The minimum Gasteiger partial charge on any atom is -0.376 e. The average molecular weight is 372 g/mol. The van der Waals surface area contributed by atoms with Gasteiger partial charge in [-0.15, -0.1) is 0 Å². The second-order valence-electron chi connectivity index (χ2n) is 7.89. The highest BCUT2D eigenvalue weighted by Crippen LogP contribution is 2.23. The molecule has 27 heavy (non-hydrogen) atoms. The predicted octanol–water partition coefficient (Wildman–Crippen LogP) is 3.47. The van der Waals surface area contributed by atoms with Gasteiger partial charge in [0, 0.05) is 28.8 Å². The van der Waals surface area contributed by atoms with Crippen LogP contribution < -0.4 is 16.0 Å². The fraction of sp³-hybridized carbons (Fsp3) is 0.450. The van der Waals surface area contributed by atoms with Crippen molar-refractivity contribution < 1.29 is 14.1 Å². The molecule has 2 amide bonds. The van der Waals surface area contributed by atoms with Crippen LogP contribution in [0.4, 0.5) is 11.6 Å². The van der Waals surface area contributed by atoms with E-state index in [2.05, 4.69) is 21.1 Å². The van der Waals surface area contributed by atoms with Crippen molar-refractivity contribution in [2.24, 2.45) is 0 Å². The summed E-state index contributed by atoms with van der Waals surface area (Å²) in [6.07, 6.45) is 0.